The van der Waals surface area contributed by atoms with Crippen LogP contribution in [0.4, 0.5) is 0 Å². The van der Waals surface area contributed by atoms with E-state index < -0.39 is 0 Å². The maximum absolute atomic E-state index is 11.8. The molecule has 1 atom stereocenters. The zero-order valence-corrected chi connectivity index (χ0v) is 12.1. The summed E-state index contributed by atoms with van der Waals surface area (Å²) in [7, 11) is 0. The number of thioether (sulfide) groups is 1. The number of fused-ring (bicyclic) bond motifs is 1. The molecule has 1 aromatic rings. The fourth-order valence-corrected chi connectivity index (χ4v) is 3.15. The van der Waals surface area contributed by atoms with Crippen LogP contribution in [0.1, 0.15) is 32.7 Å². The van der Waals surface area contributed by atoms with Crippen LogP contribution >= 0.6 is 11.8 Å². The number of carbonyl (C=O) groups excluding carboxylic acids is 1. The van der Waals surface area contributed by atoms with Gasteiger partial charge in [0.15, 0.2) is 5.16 Å². The van der Waals surface area contributed by atoms with Gasteiger partial charge in [0.2, 0.25) is 5.91 Å². The van der Waals surface area contributed by atoms with Gasteiger partial charge in [-0.15, -0.1) is 0 Å². The Kier molecular flexibility index (Phi) is 4.63. The smallest absolute Gasteiger partial charge is 0.254 e. The average Bonchev–Trinajstić information content (AvgIpc) is 2.73. The van der Waals surface area contributed by atoms with E-state index in [4.69, 9.17) is 0 Å². The maximum Gasteiger partial charge on any atom is 0.254 e. The van der Waals surface area contributed by atoms with E-state index >= 15 is 0 Å². The Morgan fingerprint density at radius 3 is 3.16 bits per heavy atom. The normalized spacial score (nSPS) is 17.5. The zero-order chi connectivity index (χ0) is 13.8. The van der Waals surface area contributed by atoms with Gasteiger partial charge in [0, 0.05) is 31.0 Å². The summed E-state index contributed by atoms with van der Waals surface area (Å²) in [4.78, 5) is 27.8. The van der Waals surface area contributed by atoms with E-state index in [0.717, 1.165) is 12.2 Å². The molecule has 6 heteroatoms. The molecular weight excluding hydrogens is 262 g/mol. The third-order valence-corrected chi connectivity index (χ3v) is 4.19. The number of rotatable bonds is 5. The molecule has 0 saturated heterocycles. The molecule has 0 saturated carbocycles. The summed E-state index contributed by atoms with van der Waals surface area (Å²) in [6.07, 6.45) is 2.85. The first kappa shape index (κ1) is 14.1. The molecule has 19 heavy (non-hydrogen) atoms. The van der Waals surface area contributed by atoms with Crippen molar-refractivity contribution in [3.63, 3.8) is 0 Å². The summed E-state index contributed by atoms with van der Waals surface area (Å²) >= 11 is 1.53. The predicted octanol–water partition coefficient (Wildman–Crippen LogP) is 1.44. The minimum atomic E-state index is -0.0741. The van der Waals surface area contributed by atoms with Gasteiger partial charge in [-0.3, -0.25) is 14.2 Å². The lowest BCUT2D eigenvalue weighted by Gasteiger charge is -2.13. The molecule has 0 aromatic carbocycles. The molecule has 0 aliphatic carbocycles. The van der Waals surface area contributed by atoms with E-state index in [0.29, 0.717) is 24.0 Å². The Bertz CT molecular complexity index is 513. The number of nitrogens with zero attached hydrogens (tertiary/aromatic N) is 2. The molecule has 2 rings (SSSR count). The molecule has 1 unspecified atom stereocenters. The lowest BCUT2D eigenvalue weighted by atomic mass is 10.1. The van der Waals surface area contributed by atoms with Crippen molar-refractivity contribution in [2.75, 3.05) is 12.3 Å². The number of carbonyl (C=O) groups is 1. The molecule has 5 nitrogen and oxygen atoms in total. The van der Waals surface area contributed by atoms with Crippen molar-refractivity contribution in [2.45, 2.75) is 37.9 Å². The van der Waals surface area contributed by atoms with Crippen LogP contribution in [0.3, 0.4) is 0 Å². The number of hydrogen-bond donors (Lipinski definition) is 1. The second kappa shape index (κ2) is 6.23. The second-order valence-corrected chi connectivity index (χ2v) is 6.12. The highest BCUT2D eigenvalue weighted by molar-refractivity contribution is 7.99. The molecule has 1 aromatic heterocycles. The minimum Gasteiger partial charge on any atom is -0.356 e. The molecule has 0 spiro atoms. The van der Waals surface area contributed by atoms with E-state index in [1.807, 2.05) is 0 Å². The van der Waals surface area contributed by atoms with Crippen molar-refractivity contribution < 1.29 is 4.79 Å². The van der Waals surface area contributed by atoms with Crippen LogP contribution in [0.5, 0.6) is 0 Å². The van der Waals surface area contributed by atoms with Crippen LogP contribution in [-0.4, -0.2) is 27.8 Å². The fourth-order valence-electron chi connectivity index (χ4n) is 2.03. The van der Waals surface area contributed by atoms with Crippen LogP contribution in [0, 0.1) is 5.92 Å². The summed E-state index contributed by atoms with van der Waals surface area (Å²) in [6, 6.07) is 1.37. The summed E-state index contributed by atoms with van der Waals surface area (Å²) in [5.74, 6) is 1.33. The molecule has 0 fully saturated rings. The number of aromatic nitrogens is 2. The van der Waals surface area contributed by atoms with Gasteiger partial charge in [0.25, 0.3) is 5.56 Å². The van der Waals surface area contributed by atoms with Crippen LogP contribution < -0.4 is 10.9 Å². The molecule has 0 radical (unpaired) electrons. The standard InChI is InChI=1S/C13H19N3O2S/c1-9(2)3-5-14-11(17)7-10-8-19-13-15-6-4-12(18)16(10)13/h4,6,9-10H,3,5,7-8H2,1-2H3,(H,14,17). The van der Waals surface area contributed by atoms with Gasteiger partial charge in [0.1, 0.15) is 0 Å². The zero-order valence-electron chi connectivity index (χ0n) is 11.3. The first-order valence-electron chi connectivity index (χ1n) is 6.55. The van der Waals surface area contributed by atoms with Gasteiger partial charge in [-0.1, -0.05) is 25.6 Å². The first-order valence-corrected chi connectivity index (χ1v) is 7.53. The molecular formula is C13H19N3O2S. The summed E-state index contributed by atoms with van der Waals surface area (Å²) in [5, 5.41) is 3.62. The summed E-state index contributed by atoms with van der Waals surface area (Å²) in [6.45, 7) is 4.95. The predicted molar refractivity (Wildman–Crippen MR) is 75.3 cm³/mol. The van der Waals surface area contributed by atoms with Gasteiger partial charge in [-0.2, -0.15) is 0 Å². The Labute approximate surface area is 116 Å². The van der Waals surface area contributed by atoms with Crippen LogP contribution in [0.25, 0.3) is 0 Å². The lowest BCUT2D eigenvalue weighted by Crippen LogP contribution is -2.31. The van der Waals surface area contributed by atoms with Gasteiger partial charge in [-0.25, -0.2) is 4.98 Å². The second-order valence-electron chi connectivity index (χ2n) is 5.14. The Hall–Kier alpha value is -1.30. The molecule has 2 heterocycles. The van der Waals surface area contributed by atoms with Crippen molar-refractivity contribution in [3.05, 3.63) is 22.6 Å². The quantitative estimate of drug-likeness (QED) is 0.830. The minimum absolute atomic E-state index is 0.00912. The number of nitrogens with one attached hydrogen (secondary N) is 1. The van der Waals surface area contributed by atoms with Crippen molar-refractivity contribution in [1.82, 2.24) is 14.9 Å². The topological polar surface area (TPSA) is 64.0 Å². The number of hydrogen-bond acceptors (Lipinski definition) is 4. The van der Waals surface area contributed by atoms with E-state index in [2.05, 4.69) is 24.1 Å². The molecule has 1 amide bonds. The third kappa shape index (κ3) is 3.59. The Balaban J connectivity index is 1.92. The monoisotopic (exact) mass is 281 g/mol. The van der Waals surface area contributed by atoms with Crippen molar-refractivity contribution in [2.24, 2.45) is 5.92 Å². The highest BCUT2D eigenvalue weighted by Gasteiger charge is 2.26. The molecule has 0 bridgehead atoms. The number of amides is 1. The van der Waals surface area contributed by atoms with Gasteiger partial charge in [0.05, 0.1) is 6.04 Å². The van der Waals surface area contributed by atoms with Crippen molar-refractivity contribution in [1.29, 1.82) is 0 Å². The molecule has 1 N–H and O–H groups in total. The van der Waals surface area contributed by atoms with Crippen LogP contribution in [0.2, 0.25) is 0 Å². The SMILES string of the molecule is CC(C)CCNC(=O)CC1CSc2nccc(=O)n21. The van der Waals surface area contributed by atoms with Gasteiger partial charge in [-0.05, 0) is 12.3 Å². The molecule has 1 aliphatic heterocycles. The Morgan fingerprint density at radius 2 is 2.42 bits per heavy atom. The maximum atomic E-state index is 11.8. The Morgan fingerprint density at radius 1 is 1.63 bits per heavy atom. The van der Waals surface area contributed by atoms with Crippen molar-refractivity contribution in [3.8, 4) is 0 Å². The lowest BCUT2D eigenvalue weighted by molar-refractivity contribution is -0.121. The van der Waals surface area contributed by atoms with Crippen LogP contribution in [0.15, 0.2) is 22.2 Å². The first-order chi connectivity index (χ1) is 9.08. The van der Waals surface area contributed by atoms with E-state index in [1.54, 1.807) is 4.57 Å². The average molecular weight is 281 g/mol. The molecule has 1 aliphatic rings. The van der Waals surface area contributed by atoms with E-state index in [9.17, 15) is 9.59 Å². The van der Waals surface area contributed by atoms with Gasteiger partial charge < -0.3 is 5.32 Å². The third-order valence-electron chi connectivity index (χ3n) is 3.08. The van der Waals surface area contributed by atoms with Crippen molar-refractivity contribution >= 4 is 17.7 Å². The largest absolute Gasteiger partial charge is 0.356 e. The summed E-state index contributed by atoms with van der Waals surface area (Å²) in [5.41, 5.74) is -0.0741. The summed E-state index contributed by atoms with van der Waals surface area (Å²) < 4.78 is 1.63. The fraction of sp³-hybridized carbons (Fsp3) is 0.615. The highest BCUT2D eigenvalue weighted by atomic mass is 32.2. The molecule has 104 valence electrons. The van der Waals surface area contributed by atoms with Gasteiger partial charge >= 0.3 is 0 Å². The van der Waals surface area contributed by atoms with E-state index in [1.165, 1.54) is 24.0 Å². The highest BCUT2D eigenvalue weighted by Crippen LogP contribution is 2.31. The van der Waals surface area contributed by atoms with E-state index in [-0.39, 0.29) is 17.5 Å². The van der Waals surface area contributed by atoms with Crippen LogP contribution in [-0.2, 0) is 4.79 Å².